The minimum atomic E-state index is -4.37. The molecule has 5 nitrogen and oxygen atoms in total. The zero-order valence-electron chi connectivity index (χ0n) is 17.8. The van der Waals surface area contributed by atoms with Gasteiger partial charge in [-0.3, -0.25) is 4.99 Å². The van der Waals surface area contributed by atoms with Gasteiger partial charge in [-0.1, -0.05) is 36.4 Å². The van der Waals surface area contributed by atoms with Crippen LogP contribution >= 0.6 is 0 Å². The van der Waals surface area contributed by atoms with Crippen molar-refractivity contribution in [2.24, 2.45) is 4.99 Å². The number of alkyl halides is 3. The quantitative estimate of drug-likeness (QED) is 0.529. The number of nitrogens with zero attached hydrogens (tertiary/aromatic N) is 1. The van der Waals surface area contributed by atoms with Gasteiger partial charge in [-0.25, -0.2) is 0 Å². The molecule has 0 saturated carbocycles. The van der Waals surface area contributed by atoms with Crippen LogP contribution in [0, 0.1) is 0 Å². The number of aliphatic imine (C=N–C) groups is 1. The minimum absolute atomic E-state index is 0.448. The first-order valence-corrected chi connectivity index (χ1v) is 10.2. The molecule has 0 unspecified atom stereocenters. The second-order valence-corrected chi connectivity index (χ2v) is 7.56. The molecule has 31 heavy (non-hydrogen) atoms. The summed E-state index contributed by atoms with van der Waals surface area (Å²) >= 11 is 0. The van der Waals surface area contributed by atoms with E-state index in [9.17, 15) is 13.2 Å². The number of hydrogen-bond acceptors (Lipinski definition) is 3. The lowest BCUT2D eigenvalue weighted by atomic mass is 9.73. The molecule has 0 spiro atoms. The maximum atomic E-state index is 13.3. The van der Waals surface area contributed by atoms with Gasteiger partial charge in [0.05, 0.1) is 12.7 Å². The van der Waals surface area contributed by atoms with Gasteiger partial charge in [0.2, 0.25) is 0 Å². The molecule has 168 valence electrons. The number of para-hydroxylation sites is 1. The molecule has 0 bridgehead atoms. The molecule has 0 atom stereocenters. The molecule has 0 amide bonds. The first-order valence-electron chi connectivity index (χ1n) is 10.2. The van der Waals surface area contributed by atoms with Crippen LogP contribution in [0.2, 0.25) is 0 Å². The lowest BCUT2D eigenvalue weighted by molar-refractivity contribution is -0.137. The van der Waals surface area contributed by atoms with E-state index in [1.807, 2.05) is 24.3 Å². The second-order valence-electron chi connectivity index (χ2n) is 7.56. The molecule has 1 aliphatic rings. The van der Waals surface area contributed by atoms with Gasteiger partial charge in [-0.15, -0.1) is 0 Å². The Morgan fingerprint density at radius 3 is 2.52 bits per heavy atom. The number of ether oxygens (including phenoxy) is 2. The molecule has 1 heterocycles. The number of rotatable bonds is 6. The predicted octanol–water partition coefficient (Wildman–Crippen LogP) is 4.13. The summed E-state index contributed by atoms with van der Waals surface area (Å²) in [6, 6.07) is 13.3. The van der Waals surface area contributed by atoms with E-state index in [2.05, 4.69) is 15.6 Å². The van der Waals surface area contributed by atoms with E-state index in [-0.39, 0.29) is 0 Å². The lowest BCUT2D eigenvalue weighted by Gasteiger charge is -2.38. The topological polar surface area (TPSA) is 54.9 Å². The molecule has 1 aliphatic heterocycles. The zero-order valence-corrected chi connectivity index (χ0v) is 17.8. The van der Waals surface area contributed by atoms with Gasteiger partial charge >= 0.3 is 6.18 Å². The average Bonchev–Trinajstić information content (AvgIpc) is 2.79. The molecule has 2 aromatic carbocycles. The highest BCUT2D eigenvalue weighted by molar-refractivity contribution is 5.79. The summed E-state index contributed by atoms with van der Waals surface area (Å²) in [5.41, 5.74) is 0.543. The third kappa shape index (κ3) is 5.70. The summed E-state index contributed by atoms with van der Waals surface area (Å²) in [5.74, 6) is 1.35. The van der Waals surface area contributed by atoms with Crippen molar-refractivity contribution in [3.63, 3.8) is 0 Å². The van der Waals surface area contributed by atoms with Crippen LogP contribution in [0.15, 0.2) is 53.5 Å². The normalized spacial score (nSPS) is 16.6. The Kier molecular flexibility index (Phi) is 7.43. The Bertz CT molecular complexity index is 894. The molecule has 1 fully saturated rings. The highest BCUT2D eigenvalue weighted by Gasteiger charge is 2.37. The van der Waals surface area contributed by atoms with Gasteiger partial charge in [0.25, 0.3) is 0 Å². The molecular weight excluding hydrogens is 407 g/mol. The standard InChI is InChI=1S/C23H28F3N3O2/c1-27-21(28-15-17-6-3-4-9-20(17)30-2)29-16-22(10-12-31-13-11-22)18-7-5-8-19(14-18)23(24,25)26/h3-9,14H,10-13,15-16H2,1-2H3,(H2,27,28,29). The fourth-order valence-electron chi connectivity index (χ4n) is 3.86. The van der Waals surface area contributed by atoms with Crippen LogP contribution in [0.4, 0.5) is 13.2 Å². The van der Waals surface area contributed by atoms with Crippen molar-refractivity contribution in [3.05, 3.63) is 65.2 Å². The van der Waals surface area contributed by atoms with Gasteiger partial charge < -0.3 is 20.1 Å². The molecule has 0 aromatic heterocycles. The Labute approximate surface area is 180 Å². The maximum Gasteiger partial charge on any atom is 0.416 e. The summed E-state index contributed by atoms with van der Waals surface area (Å²) in [5, 5.41) is 6.56. The van der Waals surface area contributed by atoms with E-state index < -0.39 is 17.2 Å². The number of hydrogen-bond donors (Lipinski definition) is 2. The average molecular weight is 435 g/mol. The second kappa shape index (κ2) is 10.0. The molecule has 0 aliphatic carbocycles. The number of nitrogens with one attached hydrogen (secondary N) is 2. The number of halogens is 3. The van der Waals surface area contributed by atoms with Crippen molar-refractivity contribution in [3.8, 4) is 5.75 Å². The van der Waals surface area contributed by atoms with Crippen LogP contribution < -0.4 is 15.4 Å². The van der Waals surface area contributed by atoms with Crippen molar-refractivity contribution in [1.29, 1.82) is 0 Å². The van der Waals surface area contributed by atoms with E-state index in [0.29, 0.717) is 50.7 Å². The van der Waals surface area contributed by atoms with Crippen molar-refractivity contribution in [1.82, 2.24) is 10.6 Å². The van der Waals surface area contributed by atoms with Crippen LogP contribution in [0.25, 0.3) is 0 Å². The van der Waals surface area contributed by atoms with E-state index >= 15 is 0 Å². The number of benzene rings is 2. The van der Waals surface area contributed by atoms with Crippen LogP contribution in [-0.4, -0.2) is 39.9 Å². The predicted molar refractivity (Wildman–Crippen MR) is 114 cm³/mol. The van der Waals surface area contributed by atoms with Crippen LogP contribution in [-0.2, 0) is 22.9 Å². The highest BCUT2D eigenvalue weighted by Crippen LogP contribution is 2.37. The Morgan fingerprint density at radius 2 is 1.84 bits per heavy atom. The van der Waals surface area contributed by atoms with Crippen molar-refractivity contribution < 1.29 is 22.6 Å². The van der Waals surface area contributed by atoms with E-state index in [1.165, 1.54) is 12.1 Å². The summed E-state index contributed by atoms with van der Waals surface area (Å²) in [7, 11) is 3.29. The summed E-state index contributed by atoms with van der Waals surface area (Å²) in [6.07, 6.45) is -3.11. The van der Waals surface area contributed by atoms with E-state index in [1.54, 1.807) is 20.2 Å². The monoisotopic (exact) mass is 435 g/mol. The minimum Gasteiger partial charge on any atom is -0.496 e. The Balaban J connectivity index is 1.73. The first kappa shape index (κ1) is 22.9. The Morgan fingerprint density at radius 1 is 1.10 bits per heavy atom. The van der Waals surface area contributed by atoms with Gasteiger partial charge in [0, 0.05) is 44.3 Å². The summed E-state index contributed by atoms with van der Waals surface area (Å²) in [6.45, 7) is 1.96. The highest BCUT2D eigenvalue weighted by atomic mass is 19.4. The van der Waals surface area contributed by atoms with Gasteiger partial charge in [0.1, 0.15) is 5.75 Å². The fourth-order valence-corrected chi connectivity index (χ4v) is 3.86. The first-order chi connectivity index (χ1) is 14.9. The van der Waals surface area contributed by atoms with Crippen LogP contribution in [0.1, 0.15) is 29.5 Å². The van der Waals surface area contributed by atoms with Crippen molar-refractivity contribution in [2.75, 3.05) is 33.9 Å². The van der Waals surface area contributed by atoms with E-state index in [4.69, 9.17) is 9.47 Å². The van der Waals surface area contributed by atoms with Crippen LogP contribution in [0.3, 0.4) is 0 Å². The molecule has 2 aromatic rings. The molecule has 0 radical (unpaired) electrons. The largest absolute Gasteiger partial charge is 0.496 e. The third-order valence-electron chi connectivity index (χ3n) is 5.71. The fraction of sp³-hybridized carbons (Fsp3) is 0.435. The van der Waals surface area contributed by atoms with Crippen molar-refractivity contribution >= 4 is 5.96 Å². The summed E-state index contributed by atoms with van der Waals surface area (Å²) in [4.78, 5) is 4.27. The number of methoxy groups -OCH3 is 1. The number of guanidine groups is 1. The Hall–Kier alpha value is -2.74. The maximum absolute atomic E-state index is 13.3. The molecule has 3 rings (SSSR count). The molecular formula is C23H28F3N3O2. The third-order valence-corrected chi connectivity index (χ3v) is 5.71. The van der Waals surface area contributed by atoms with Gasteiger partial charge in [-0.2, -0.15) is 13.2 Å². The van der Waals surface area contributed by atoms with E-state index in [0.717, 1.165) is 17.4 Å². The molecule has 2 N–H and O–H groups in total. The summed E-state index contributed by atoms with van der Waals surface area (Å²) < 4.78 is 50.7. The van der Waals surface area contributed by atoms with Crippen molar-refractivity contribution in [2.45, 2.75) is 31.0 Å². The molecule has 1 saturated heterocycles. The smallest absolute Gasteiger partial charge is 0.416 e. The van der Waals surface area contributed by atoms with Gasteiger partial charge in [0.15, 0.2) is 5.96 Å². The van der Waals surface area contributed by atoms with Crippen LogP contribution in [0.5, 0.6) is 5.75 Å². The molecule has 8 heteroatoms. The van der Waals surface area contributed by atoms with Gasteiger partial charge in [-0.05, 0) is 30.5 Å². The lowest BCUT2D eigenvalue weighted by Crippen LogP contribution is -2.48. The SMILES string of the molecule is CN=C(NCc1ccccc1OC)NCC1(c2cccc(C(F)(F)F)c2)CCOCC1. The zero-order chi connectivity index (χ0) is 22.3.